The standard InChI is InChI=1S/C14H19N3O2S/c1-18-12-7-10-11(16-9-17-14(10)15)8-13(12)19-5-3-4-6-20-2/h7-9H,3-6H2,1-2H3,(H2,15,16,17). The van der Waals surface area contributed by atoms with E-state index in [4.69, 9.17) is 15.2 Å². The molecule has 0 saturated heterocycles. The van der Waals surface area contributed by atoms with E-state index in [2.05, 4.69) is 16.2 Å². The fourth-order valence-corrected chi connectivity index (χ4v) is 2.38. The van der Waals surface area contributed by atoms with E-state index in [0.717, 1.165) is 29.5 Å². The minimum absolute atomic E-state index is 0.444. The third-order valence-corrected chi connectivity index (χ3v) is 3.65. The lowest BCUT2D eigenvalue weighted by Gasteiger charge is -2.12. The number of unbranched alkanes of at least 4 members (excludes halogenated alkanes) is 1. The van der Waals surface area contributed by atoms with Crippen LogP contribution >= 0.6 is 11.8 Å². The SMILES string of the molecule is COc1cc2c(N)ncnc2cc1OCCCCSC. The van der Waals surface area contributed by atoms with Crippen LogP contribution in [0.3, 0.4) is 0 Å². The highest BCUT2D eigenvalue weighted by Gasteiger charge is 2.10. The summed E-state index contributed by atoms with van der Waals surface area (Å²) in [5.74, 6) is 2.95. The van der Waals surface area contributed by atoms with Gasteiger partial charge in [-0.25, -0.2) is 9.97 Å². The Bertz CT molecular complexity index is 578. The molecule has 2 aromatic rings. The summed E-state index contributed by atoms with van der Waals surface area (Å²) >= 11 is 1.85. The Morgan fingerprint density at radius 3 is 2.80 bits per heavy atom. The number of fused-ring (bicyclic) bond motifs is 1. The number of nitrogens with zero attached hydrogens (tertiary/aromatic N) is 2. The van der Waals surface area contributed by atoms with Crippen LogP contribution in [0.2, 0.25) is 0 Å². The molecule has 2 N–H and O–H groups in total. The third-order valence-electron chi connectivity index (χ3n) is 2.95. The number of hydrogen-bond donors (Lipinski definition) is 1. The Kier molecular flexibility index (Phi) is 5.29. The largest absolute Gasteiger partial charge is 0.493 e. The van der Waals surface area contributed by atoms with E-state index in [-0.39, 0.29) is 0 Å². The van der Waals surface area contributed by atoms with Crippen molar-refractivity contribution in [2.45, 2.75) is 12.8 Å². The molecule has 1 heterocycles. The van der Waals surface area contributed by atoms with Gasteiger partial charge < -0.3 is 15.2 Å². The van der Waals surface area contributed by atoms with E-state index in [1.165, 1.54) is 6.33 Å². The quantitative estimate of drug-likeness (QED) is 0.792. The molecule has 1 aromatic carbocycles. The van der Waals surface area contributed by atoms with Crippen LogP contribution in [0.5, 0.6) is 11.5 Å². The summed E-state index contributed by atoms with van der Waals surface area (Å²) < 4.78 is 11.1. The van der Waals surface area contributed by atoms with Crippen molar-refractivity contribution < 1.29 is 9.47 Å². The van der Waals surface area contributed by atoms with Crippen LogP contribution in [0.4, 0.5) is 5.82 Å². The average molecular weight is 293 g/mol. The van der Waals surface area contributed by atoms with E-state index >= 15 is 0 Å². The number of nitrogen functional groups attached to an aromatic ring is 1. The van der Waals surface area contributed by atoms with Gasteiger partial charge in [-0.15, -0.1) is 0 Å². The van der Waals surface area contributed by atoms with Crippen LogP contribution in [0.1, 0.15) is 12.8 Å². The summed E-state index contributed by atoms with van der Waals surface area (Å²) in [5, 5.41) is 0.777. The lowest BCUT2D eigenvalue weighted by molar-refractivity contribution is 0.289. The predicted molar refractivity (Wildman–Crippen MR) is 83.6 cm³/mol. The minimum Gasteiger partial charge on any atom is -0.493 e. The zero-order valence-corrected chi connectivity index (χ0v) is 12.6. The molecule has 0 atom stereocenters. The maximum Gasteiger partial charge on any atom is 0.163 e. The number of hydrogen-bond acceptors (Lipinski definition) is 6. The first kappa shape index (κ1) is 14.7. The van der Waals surface area contributed by atoms with Gasteiger partial charge in [-0.05, 0) is 30.9 Å². The third kappa shape index (κ3) is 3.45. The second kappa shape index (κ2) is 7.19. The Balaban J connectivity index is 2.15. The number of anilines is 1. The average Bonchev–Trinajstić information content (AvgIpc) is 2.47. The fourth-order valence-electron chi connectivity index (χ4n) is 1.89. The summed E-state index contributed by atoms with van der Waals surface area (Å²) in [6.45, 7) is 0.670. The van der Waals surface area contributed by atoms with Gasteiger partial charge in [0.05, 0.1) is 19.2 Å². The Labute approximate surface area is 122 Å². The van der Waals surface area contributed by atoms with Gasteiger partial charge in [0.15, 0.2) is 11.5 Å². The molecule has 5 nitrogen and oxygen atoms in total. The van der Waals surface area contributed by atoms with Crippen LogP contribution in [-0.2, 0) is 0 Å². The molecule has 0 amide bonds. The van der Waals surface area contributed by atoms with Crippen molar-refractivity contribution in [2.24, 2.45) is 0 Å². The number of nitrogens with two attached hydrogens (primary N) is 1. The molecule has 6 heteroatoms. The highest BCUT2D eigenvalue weighted by atomic mass is 32.2. The van der Waals surface area contributed by atoms with Crippen molar-refractivity contribution in [3.05, 3.63) is 18.5 Å². The molecule has 0 fully saturated rings. The second-order valence-corrected chi connectivity index (χ2v) is 5.31. The van der Waals surface area contributed by atoms with Crippen LogP contribution in [0.25, 0.3) is 10.9 Å². The number of aromatic nitrogens is 2. The lowest BCUT2D eigenvalue weighted by Crippen LogP contribution is -2.01. The molecule has 0 radical (unpaired) electrons. The van der Waals surface area contributed by atoms with Crippen LogP contribution in [0, 0.1) is 0 Å². The highest BCUT2D eigenvalue weighted by Crippen LogP contribution is 2.33. The van der Waals surface area contributed by atoms with Gasteiger partial charge in [-0.2, -0.15) is 11.8 Å². The van der Waals surface area contributed by atoms with Gasteiger partial charge in [-0.1, -0.05) is 0 Å². The van der Waals surface area contributed by atoms with Gasteiger partial charge in [0, 0.05) is 11.5 Å². The summed E-state index contributed by atoms with van der Waals surface area (Å²) in [5.41, 5.74) is 6.60. The normalized spacial score (nSPS) is 10.7. The van der Waals surface area contributed by atoms with Gasteiger partial charge in [0.2, 0.25) is 0 Å². The predicted octanol–water partition coefficient (Wildman–Crippen LogP) is 2.74. The number of rotatable bonds is 7. The van der Waals surface area contributed by atoms with Crippen molar-refractivity contribution in [3.8, 4) is 11.5 Å². The Morgan fingerprint density at radius 1 is 1.20 bits per heavy atom. The van der Waals surface area contributed by atoms with Crippen LogP contribution in [0.15, 0.2) is 18.5 Å². The molecule has 0 bridgehead atoms. The summed E-state index contributed by atoms with van der Waals surface area (Å²) in [4.78, 5) is 8.18. The van der Waals surface area contributed by atoms with Crippen molar-refractivity contribution in [2.75, 3.05) is 31.5 Å². The Morgan fingerprint density at radius 2 is 2.05 bits per heavy atom. The molecule has 108 valence electrons. The molecule has 0 aliphatic carbocycles. The zero-order valence-electron chi connectivity index (χ0n) is 11.8. The number of thioether (sulfide) groups is 1. The maximum atomic E-state index is 5.84. The number of ether oxygens (including phenoxy) is 2. The van der Waals surface area contributed by atoms with Gasteiger partial charge in [0.25, 0.3) is 0 Å². The Hall–Kier alpha value is -1.69. The van der Waals surface area contributed by atoms with Gasteiger partial charge in [0.1, 0.15) is 12.1 Å². The monoisotopic (exact) mass is 293 g/mol. The molecular formula is C14H19N3O2S. The summed E-state index contributed by atoms with van der Waals surface area (Å²) in [6, 6.07) is 3.67. The molecular weight excluding hydrogens is 274 g/mol. The van der Waals surface area contributed by atoms with E-state index in [1.54, 1.807) is 7.11 Å². The molecule has 0 aliphatic rings. The smallest absolute Gasteiger partial charge is 0.163 e. The van der Waals surface area contributed by atoms with Crippen molar-refractivity contribution >= 4 is 28.5 Å². The van der Waals surface area contributed by atoms with E-state index in [9.17, 15) is 0 Å². The topological polar surface area (TPSA) is 70.3 Å². The molecule has 0 spiro atoms. The molecule has 0 unspecified atom stereocenters. The molecule has 0 aliphatic heterocycles. The minimum atomic E-state index is 0.444. The van der Waals surface area contributed by atoms with Gasteiger partial charge >= 0.3 is 0 Å². The van der Waals surface area contributed by atoms with Gasteiger partial charge in [-0.3, -0.25) is 0 Å². The van der Waals surface area contributed by atoms with Crippen molar-refractivity contribution in [3.63, 3.8) is 0 Å². The summed E-state index contributed by atoms with van der Waals surface area (Å²) in [7, 11) is 1.61. The van der Waals surface area contributed by atoms with Crippen molar-refractivity contribution in [1.29, 1.82) is 0 Å². The fraction of sp³-hybridized carbons (Fsp3) is 0.429. The lowest BCUT2D eigenvalue weighted by atomic mass is 10.2. The van der Waals surface area contributed by atoms with Crippen LogP contribution < -0.4 is 15.2 Å². The second-order valence-electron chi connectivity index (χ2n) is 4.33. The summed E-state index contributed by atoms with van der Waals surface area (Å²) in [6.07, 6.45) is 5.73. The first-order chi connectivity index (χ1) is 9.76. The van der Waals surface area contributed by atoms with Crippen molar-refractivity contribution in [1.82, 2.24) is 9.97 Å². The molecule has 0 saturated carbocycles. The highest BCUT2D eigenvalue weighted by molar-refractivity contribution is 7.98. The maximum absolute atomic E-state index is 5.84. The first-order valence-corrected chi connectivity index (χ1v) is 7.85. The number of benzene rings is 1. The van der Waals surface area contributed by atoms with E-state index in [0.29, 0.717) is 23.9 Å². The van der Waals surface area contributed by atoms with Crippen LogP contribution in [-0.4, -0.2) is 35.7 Å². The molecule has 1 aromatic heterocycles. The van der Waals surface area contributed by atoms with E-state index in [1.807, 2.05) is 23.9 Å². The van der Waals surface area contributed by atoms with E-state index < -0.39 is 0 Å². The molecule has 20 heavy (non-hydrogen) atoms. The number of methoxy groups -OCH3 is 1. The zero-order chi connectivity index (χ0) is 14.4. The molecule has 2 rings (SSSR count). The first-order valence-electron chi connectivity index (χ1n) is 6.46.